The summed E-state index contributed by atoms with van der Waals surface area (Å²) in [5.74, 6) is 2.42. The van der Waals surface area contributed by atoms with Crippen molar-refractivity contribution < 1.29 is 33.3 Å². The standard InChI is InChI=1S/C26H26N2O7/c1-31-19-8-10-20(11-9-19)33-14-13-28-21-15-18(7-12-22(21)35-17-26(28)30)27-25(29)16-34-24-6-4-3-5-23(24)32-2/h3-12,15H,13-14,16-17H2,1-2H3,(H,27,29). The van der Waals surface area contributed by atoms with E-state index in [-0.39, 0.29) is 31.6 Å². The fraction of sp³-hybridized carbons (Fsp3) is 0.231. The molecule has 0 spiro atoms. The third-order valence-electron chi connectivity index (χ3n) is 5.26. The van der Waals surface area contributed by atoms with E-state index in [9.17, 15) is 9.59 Å². The van der Waals surface area contributed by atoms with Gasteiger partial charge in [-0.1, -0.05) is 12.1 Å². The third-order valence-corrected chi connectivity index (χ3v) is 5.26. The van der Waals surface area contributed by atoms with E-state index in [1.165, 1.54) is 7.11 Å². The minimum Gasteiger partial charge on any atom is -0.497 e. The number of carbonyl (C=O) groups is 2. The Labute approximate surface area is 203 Å². The molecule has 35 heavy (non-hydrogen) atoms. The number of rotatable bonds is 10. The number of fused-ring (bicyclic) bond motifs is 1. The lowest BCUT2D eigenvalue weighted by molar-refractivity contribution is -0.121. The number of nitrogens with one attached hydrogen (secondary N) is 1. The second kappa shape index (κ2) is 11.1. The number of amides is 2. The molecule has 0 saturated heterocycles. The molecule has 0 unspecified atom stereocenters. The molecule has 0 bridgehead atoms. The molecule has 0 atom stereocenters. The van der Waals surface area contributed by atoms with Crippen LogP contribution in [0, 0.1) is 0 Å². The van der Waals surface area contributed by atoms with Crippen molar-refractivity contribution in [3.8, 4) is 28.7 Å². The van der Waals surface area contributed by atoms with E-state index in [0.717, 1.165) is 5.75 Å². The maximum atomic E-state index is 12.5. The summed E-state index contributed by atoms with van der Waals surface area (Å²) in [5, 5.41) is 2.79. The van der Waals surface area contributed by atoms with Crippen molar-refractivity contribution in [2.45, 2.75) is 0 Å². The van der Waals surface area contributed by atoms with Crippen molar-refractivity contribution in [2.24, 2.45) is 0 Å². The van der Waals surface area contributed by atoms with Crippen LogP contribution in [0.2, 0.25) is 0 Å². The Morgan fingerprint density at radius 3 is 2.43 bits per heavy atom. The van der Waals surface area contributed by atoms with Gasteiger partial charge in [-0.3, -0.25) is 9.59 Å². The van der Waals surface area contributed by atoms with Gasteiger partial charge in [-0.05, 0) is 54.6 Å². The quantitative estimate of drug-likeness (QED) is 0.476. The number of hydrogen-bond acceptors (Lipinski definition) is 7. The average molecular weight is 479 g/mol. The molecule has 182 valence electrons. The zero-order chi connectivity index (χ0) is 24.6. The summed E-state index contributed by atoms with van der Waals surface area (Å²) < 4.78 is 27.3. The maximum Gasteiger partial charge on any atom is 0.265 e. The highest BCUT2D eigenvalue weighted by atomic mass is 16.5. The zero-order valence-electron chi connectivity index (χ0n) is 19.5. The van der Waals surface area contributed by atoms with Crippen LogP contribution in [0.25, 0.3) is 0 Å². The molecule has 1 N–H and O–H groups in total. The van der Waals surface area contributed by atoms with Crippen molar-refractivity contribution in [3.05, 3.63) is 66.7 Å². The van der Waals surface area contributed by atoms with Gasteiger partial charge in [0.2, 0.25) is 0 Å². The van der Waals surface area contributed by atoms with Gasteiger partial charge in [-0.25, -0.2) is 0 Å². The Bertz CT molecular complexity index is 1180. The van der Waals surface area contributed by atoms with E-state index in [4.69, 9.17) is 23.7 Å². The number of anilines is 2. The van der Waals surface area contributed by atoms with Crippen LogP contribution in [0.4, 0.5) is 11.4 Å². The number of hydrogen-bond donors (Lipinski definition) is 1. The summed E-state index contributed by atoms with van der Waals surface area (Å²) in [6, 6.07) is 19.4. The zero-order valence-corrected chi connectivity index (χ0v) is 19.5. The van der Waals surface area contributed by atoms with Gasteiger partial charge in [-0.2, -0.15) is 0 Å². The van der Waals surface area contributed by atoms with E-state index in [0.29, 0.717) is 40.9 Å². The number of para-hydroxylation sites is 2. The van der Waals surface area contributed by atoms with Gasteiger partial charge < -0.3 is 33.9 Å². The van der Waals surface area contributed by atoms with Gasteiger partial charge in [0, 0.05) is 5.69 Å². The molecule has 0 radical (unpaired) electrons. The molecular weight excluding hydrogens is 452 g/mol. The summed E-state index contributed by atoms with van der Waals surface area (Å²) in [7, 11) is 3.13. The normalized spacial score (nSPS) is 12.3. The van der Waals surface area contributed by atoms with E-state index < -0.39 is 0 Å². The molecule has 1 heterocycles. The minimum atomic E-state index is -0.353. The van der Waals surface area contributed by atoms with Crippen LogP contribution in [0.3, 0.4) is 0 Å². The van der Waals surface area contributed by atoms with E-state index in [2.05, 4.69) is 5.32 Å². The largest absolute Gasteiger partial charge is 0.497 e. The van der Waals surface area contributed by atoms with Crippen LogP contribution in [0.1, 0.15) is 0 Å². The predicted octanol–water partition coefficient (Wildman–Crippen LogP) is 3.53. The topological polar surface area (TPSA) is 95.6 Å². The molecule has 3 aromatic rings. The minimum absolute atomic E-state index is 0.0615. The fourth-order valence-corrected chi connectivity index (χ4v) is 3.53. The van der Waals surface area contributed by atoms with Crippen molar-refractivity contribution in [1.82, 2.24) is 0 Å². The Morgan fingerprint density at radius 1 is 0.943 bits per heavy atom. The third kappa shape index (κ3) is 5.94. The molecule has 1 aliphatic rings. The molecule has 4 rings (SSSR count). The van der Waals surface area contributed by atoms with E-state index in [1.54, 1.807) is 72.7 Å². The van der Waals surface area contributed by atoms with Crippen LogP contribution in [-0.2, 0) is 9.59 Å². The van der Waals surface area contributed by atoms with Crippen LogP contribution in [0.15, 0.2) is 66.7 Å². The van der Waals surface area contributed by atoms with Crippen molar-refractivity contribution in [3.63, 3.8) is 0 Å². The molecule has 1 aliphatic heterocycles. The number of carbonyl (C=O) groups excluding carboxylic acids is 2. The first-order valence-electron chi connectivity index (χ1n) is 11.0. The molecule has 9 nitrogen and oxygen atoms in total. The first-order valence-corrected chi connectivity index (χ1v) is 11.0. The van der Waals surface area contributed by atoms with Crippen LogP contribution in [0.5, 0.6) is 28.7 Å². The van der Waals surface area contributed by atoms with E-state index in [1.807, 2.05) is 6.07 Å². The number of ether oxygens (including phenoxy) is 5. The highest BCUT2D eigenvalue weighted by Crippen LogP contribution is 2.34. The number of benzene rings is 3. The SMILES string of the molecule is COc1ccc(OCCN2C(=O)COc3ccc(NC(=O)COc4ccccc4OC)cc32)cc1. The second-order valence-corrected chi connectivity index (χ2v) is 7.53. The lowest BCUT2D eigenvalue weighted by Gasteiger charge is -2.29. The molecule has 0 saturated carbocycles. The summed E-state index contributed by atoms with van der Waals surface area (Å²) in [6.45, 7) is 0.330. The van der Waals surface area contributed by atoms with Gasteiger partial charge in [-0.15, -0.1) is 0 Å². The number of methoxy groups -OCH3 is 2. The van der Waals surface area contributed by atoms with Crippen LogP contribution < -0.4 is 33.9 Å². The second-order valence-electron chi connectivity index (χ2n) is 7.53. The Morgan fingerprint density at radius 2 is 1.69 bits per heavy atom. The summed E-state index contributed by atoms with van der Waals surface area (Å²) in [5.41, 5.74) is 1.07. The average Bonchev–Trinajstić information content (AvgIpc) is 2.89. The molecule has 2 amide bonds. The Kier molecular flexibility index (Phi) is 7.57. The molecule has 0 fully saturated rings. The predicted molar refractivity (Wildman–Crippen MR) is 130 cm³/mol. The van der Waals surface area contributed by atoms with Crippen LogP contribution >= 0.6 is 0 Å². The Balaban J connectivity index is 1.37. The maximum absolute atomic E-state index is 12.5. The highest BCUT2D eigenvalue weighted by molar-refractivity contribution is 5.99. The highest BCUT2D eigenvalue weighted by Gasteiger charge is 2.26. The van der Waals surface area contributed by atoms with Gasteiger partial charge in [0.05, 0.1) is 26.5 Å². The van der Waals surface area contributed by atoms with E-state index >= 15 is 0 Å². The van der Waals surface area contributed by atoms with Crippen molar-refractivity contribution in [2.75, 3.05) is 50.8 Å². The summed E-state index contributed by atoms with van der Waals surface area (Å²) >= 11 is 0. The summed E-state index contributed by atoms with van der Waals surface area (Å²) in [4.78, 5) is 26.6. The van der Waals surface area contributed by atoms with Gasteiger partial charge in [0.1, 0.15) is 23.9 Å². The van der Waals surface area contributed by atoms with Crippen molar-refractivity contribution in [1.29, 1.82) is 0 Å². The monoisotopic (exact) mass is 478 g/mol. The van der Waals surface area contributed by atoms with Gasteiger partial charge in [0.25, 0.3) is 11.8 Å². The number of nitrogens with zero attached hydrogens (tertiary/aromatic N) is 1. The summed E-state index contributed by atoms with van der Waals surface area (Å²) in [6.07, 6.45) is 0. The first-order chi connectivity index (χ1) is 17.1. The smallest absolute Gasteiger partial charge is 0.265 e. The van der Waals surface area contributed by atoms with Crippen molar-refractivity contribution >= 4 is 23.2 Å². The lowest BCUT2D eigenvalue weighted by Crippen LogP contribution is -2.41. The molecule has 9 heteroatoms. The molecular formula is C26H26N2O7. The molecule has 0 aromatic heterocycles. The first kappa shape index (κ1) is 23.7. The molecule has 3 aromatic carbocycles. The fourth-order valence-electron chi connectivity index (χ4n) is 3.53. The molecule has 0 aliphatic carbocycles. The van der Waals surface area contributed by atoms with Gasteiger partial charge in [0.15, 0.2) is 24.7 Å². The van der Waals surface area contributed by atoms with Crippen LogP contribution in [-0.4, -0.2) is 52.4 Å². The Hall–Kier alpha value is -4.40. The van der Waals surface area contributed by atoms with Gasteiger partial charge >= 0.3 is 0 Å². The lowest BCUT2D eigenvalue weighted by atomic mass is 10.2.